The van der Waals surface area contributed by atoms with Crippen LogP contribution >= 0.6 is 15.9 Å². The van der Waals surface area contributed by atoms with Gasteiger partial charge in [0.1, 0.15) is 0 Å². The van der Waals surface area contributed by atoms with Gasteiger partial charge in [0.25, 0.3) is 0 Å². The lowest BCUT2D eigenvalue weighted by molar-refractivity contribution is 0.850. The Morgan fingerprint density at radius 2 is 2.12 bits per heavy atom. The molecular formula is C13H14BrN3. The van der Waals surface area contributed by atoms with Gasteiger partial charge in [0.15, 0.2) is 0 Å². The zero-order valence-electron chi connectivity index (χ0n) is 9.68. The third-order valence-electron chi connectivity index (χ3n) is 2.59. The van der Waals surface area contributed by atoms with Gasteiger partial charge < -0.3 is 4.90 Å². The maximum Gasteiger partial charge on any atom is 0.0592 e. The molecule has 0 fully saturated rings. The van der Waals surface area contributed by atoms with E-state index in [1.807, 2.05) is 30.6 Å². The van der Waals surface area contributed by atoms with Crippen LogP contribution in [0.4, 0.5) is 5.69 Å². The number of rotatable bonds is 4. The zero-order chi connectivity index (χ0) is 12.1. The summed E-state index contributed by atoms with van der Waals surface area (Å²) in [6, 6.07) is 8.01. The SMILES string of the molecule is CN(CCc1ccccn1)c1ccncc1Br. The first-order valence-corrected chi connectivity index (χ1v) is 6.27. The predicted molar refractivity (Wildman–Crippen MR) is 73.1 cm³/mol. The molecule has 3 nitrogen and oxygen atoms in total. The molecule has 4 heteroatoms. The van der Waals surface area contributed by atoms with Crippen molar-refractivity contribution in [1.82, 2.24) is 9.97 Å². The van der Waals surface area contributed by atoms with Crippen molar-refractivity contribution >= 4 is 21.6 Å². The van der Waals surface area contributed by atoms with Crippen LogP contribution in [0.5, 0.6) is 0 Å². The van der Waals surface area contributed by atoms with Crippen LogP contribution in [0, 0.1) is 0 Å². The van der Waals surface area contributed by atoms with Crippen molar-refractivity contribution in [3.05, 3.63) is 53.0 Å². The second kappa shape index (κ2) is 5.77. The normalized spacial score (nSPS) is 10.2. The van der Waals surface area contributed by atoms with E-state index >= 15 is 0 Å². The van der Waals surface area contributed by atoms with E-state index < -0.39 is 0 Å². The fourth-order valence-electron chi connectivity index (χ4n) is 1.63. The average Bonchev–Trinajstić information content (AvgIpc) is 2.38. The van der Waals surface area contributed by atoms with Crippen molar-refractivity contribution in [2.45, 2.75) is 6.42 Å². The van der Waals surface area contributed by atoms with Crippen LogP contribution < -0.4 is 4.90 Å². The Morgan fingerprint density at radius 1 is 1.24 bits per heavy atom. The molecule has 0 radical (unpaired) electrons. The van der Waals surface area contributed by atoms with Crippen molar-refractivity contribution in [2.24, 2.45) is 0 Å². The molecule has 0 aliphatic heterocycles. The number of hydrogen-bond donors (Lipinski definition) is 0. The summed E-state index contributed by atoms with van der Waals surface area (Å²) in [5, 5.41) is 0. The van der Waals surface area contributed by atoms with Crippen LogP contribution in [-0.4, -0.2) is 23.6 Å². The molecule has 0 aliphatic rings. The van der Waals surface area contributed by atoms with Gasteiger partial charge >= 0.3 is 0 Å². The molecule has 2 aromatic heterocycles. The lowest BCUT2D eigenvalue weighted by Gasteiger charge is -2.20. The van der Waals surface area contributed by atoms with Crippen LogP contribution in [0.1, 0.15) is 5.69 Å². The molecule has 0 N–H and O–H groups in total. The smallest absolute Gasteiger partial charge is 0.0592 e. The van der Waals surface area contributed by atoms with E-state index in [0.29, 0.717) is 0 Å². The molecule has 2 aromatic rings. The van der Waals surface area contributed by atoms with Gasteiger partial charge in [-0.2, -0.15) is 0 Å². The first-order valence-electron chi connectivity index (χ1n) is 5.48. The number of pyridine rings is 2. The van der Waals surface area contributed by atoms with E-state index in [1.165, 1.54) is 0 Å². The van der Waals surface area contributed by atoms with Gasteiger partial charge in [-0.15, -0.1) is 0 Å². The maximum absolute atomic E-state index is 4.32. The Morgan fingerprint density at radius 3 is 2.82 bits per heavy atom. The van der Waals surface area contributed by atoms with Gasteiger partial charge in [0.2, 0.25) is 0 Å². The Labute approximate surface area is 110 Å². The van der Waals surface area contributed by atoms with E-state index in [1.54, 1.807) is 6.20 Å². The van der Waals surface area contributed by atoms with Crippen molar-refractivity contribution in [3.63, 3.8) is 0 Å². The summed E-state index contributed by atoms with van der Waals surface area (Å²) in [6.07, 6.45) is 6.38. The molecule has 0 aromatic carbocycles. The largest absolute Gasteiger partial charge is 0.373 e. The van der Waals surface area contributed by atoms with Crippen molar-refractivity contribution in [1.29, 1.82) is 0 Å². The van der Waals surface area contributed by atoms with Crippen LogP contribution in [0.2, 0.25) is 0 Å². The summed E-state index contributed by atoms with van der Waals surface area (Å²) >= 11 is 3.50. The fourth-order valence-corrected chi connectivity index (χ4v) is 2.18. The van der Waals surface area contributed by atoms with Gasteiger partial charge in [-0.25, -0.2) is 0 Å². The molecule has 0 unspecified atom stereocenters. The highest BCUT2D eigenvalue weighted by Crippen LogP contribution is 2.23. The number of likely N-dealkylation sites (N-methyl/N-ethyl adjacent to an activating group) is 1. The highest BCUT2D eigenvalue weighted by molar-refractivity contribution is 9.10. The van der Waals surface area contributed by atoms with E-state index in [0.717, 1.165) is 28.8 Å². The molecule has 2 heterocycles. The monoisotopic (exact) mass is 291 g/mol. The molecule has 0 saturated carbocycles. The predicted octanol–water partition coefficient (Wildman–Crippen LogP) is 2.92. The minimum atomic E-state index is 0.930. The first-order chi connectivity index (χ1) is 8.27. The number of aromatic nitrogens is 2. The first kappa shape index (κ1) is 12.0. The van der Waals surface area contributed by atoms with Gasteiger partial charge in [-0.1, -0.05) is 6.07 Å². The summed E-state index contributed by atoms with van der Waals surface area (Å²) in [5.74, 6) is 0. The summed E-state index contributed by atoms with van der Waals surface area (Å²) in [7, 11) is 2.07. The molecule has 0 amide bonds. The van der Waals surface area contributed by atoms with E-state index in [2.05, 4.69) is 43.9 Å². The van der Waals surface area contributed by atoms with Gasteiger partial charge in [0.05, 0.1) is 10.2 Å². The Kier molecular flexibility index (Phi) is 4.09. The van der Waals surface area contributed by atoms with Crippen LogP contribution in [0.15, 0.2) is 47.3 Å². The minimum Gasteiger partial charge on any atom is -0.373 e. The van der Waals surface area contributed by atoms with Crippen LogP contribution in [0.25, 0.3) is 0 Å². The molecule has 88 valence electrons. The fraction of sp³-hybridized carbons (Fsp3) is 0.231. The summed E-state index contributed by atoms with van der Waals surface area (Å²) in [5.41, 5.74) is 2.26. The van der Waals surface area contributed by atoms with E-state index in [-0.39, 0.29) is 0 Å². The molecule has 0 atom stereocenters. The number of halogens is 1. The third-order valence-corrected chi connectivity index (χ3v) is 3.20. The average molecular weight is 292 g/mol. The van der Waals surface area contributed by atoms with Gasteiger partial charge in [-0.3, -0.25) is 9.97 Å². The number of nitrogens with zero attached hydrogens (tertiary/aromatic N) is 3. The summed E-state index contributed by atoms with van der Waals surface area (Å²) < 4.78 is 1.02. The van der Waals surface area contributed by atoms with Gasteiger partial charge in [-0.05, 0) is 34.1 Å². The summed E-state index contributed by atoms with van der Waals surface area (Å²) in [4.78, 5) is 10.6. The quantitative estimate of drug-likeness (QED) is 0.867. The topological polar surface area (TPSA) is 29.0 Å². The second-order valence-corrected chi connectivity index (χ2v) is 4.67. The molecule has 0 bridgehead atoms. The van der Waals surface area contributed by atoms with Crippen molar-refractivity contribution < 1.29 is 0 Å². The van der Waals surface area contributed by atoms with Gasteiger partial charge in [0, 0.05) is 44.3 Å². The standard InChI is InChI=1S/C13H14BrN3/c1-17(13-5-8-15-10-12(13)14)9-6-11-4-2-3-7-16-11/h2-5,7-8,10H,6,9H2,1H3. The molecular weight excluding hydrogens is 278 g/mol. The second-order valence-electron chi connectivity index (χ2n) is 3.82. The molecule has 2 rings (SSSR count). The maximum atomic E-state index is 4.32. The highest BCUT2D eigenvalue weighted by atomic mass is 79.9. The van der Waals surface area contributed by atoms with E-state index in [9.17, 15) is 0 Å². The zero-order valence-corrected chi connectivity index (χ0v) is 11.3. The number of hydrogen-bond acceptors (Lipinski definition) is 3. The van der Waals surface area contributed by atoms with Crippen LogP contribution in [0.3, 0.4) is 0 Å². The molecule has 0 aliphatic carbocycles. The van der Waals surface area contributed by atoms with Crippen molar-refractivity contribution in [2.75, 3.05) is 18.5 Å². The lowest BCUT2D eigenvalue weighted by atomic mass is 10.2. The number of anilines is 1. The Balaban J connectivity index is 1.99. The Bertz CT molecular complexity index is 473. The molecule has 17 heavy (non-hydrogen) atoms. The lowest BCUT2D eigenvalue weighted by Crippen LogP contribution is -2.21. The Hall–Kier alpha value is -1.42. The highest BCUT2D eigenvalue weighted by Gasteiger charge is 2.05. The molecule has 0 spiro atoms. The minimum absolute atomic E-state index is 0.930. The van der Waals surface area contributed by atoms with E-state index in [4.69, 9.17) is 0 Å². The summed E-state index contributed by atoms with van der Waals surface area (Å²) in [6.45, 7) is 0.930. The van der Waals surface area contributed by atoms with Crippen LogP contribution in [-0.2, 0) is 6.42 Å². The third kappa shape index (κ3) is 3.27. The molecule has 0 saturated heterocycles. The van der Waals surface area contributed by atoms with Crippen molar-refractivity contribution in [3.8, 4) is 0 Å².